The first-order valence-electron chi connectivity index (χ1n) is 8.17. The molecule has 1 heterocycles. The number of benzene rings is 3. The third kappa shape index (κ3) is 2.52. The first kappa shape index (κ1) is 16.0. The fourth-order valence-corrected chi connectivity index (χ4v) is 3.13. The molecule has 0 radical (unpaired) electrons. The molecule has 4 rings (SSSR count). The Morgan fingerprint density at radius 3 is 1.46 bits per heavy atom. The molecule has 26 heavy (non-hydrogen) atoms. The maximum Gasteiger partial charge on any atom is 0.266 e. The number of amides is 2. The molecule has 0 spiro atoms. The van der Waals surface area contributed by atoms with Crippen LogP contribution < -0.4 is 4.90 Å². The second-order valence-corrected chi connectivity index (χ2v) is 5.88. The van der Waals surface area contributed by atoms with E-state index in [1.165, 1.54) is 18.2 Å². The van der Waals surface area contributed by atoms with Gasteiger partial charge >= 0.3 is 0 Å². The number of carbonyl (C=O) groups is 2. The van der Waals surface area contributed by atoms with Gasteiger partial charge < -0.3 is 0 Å². The van der Waals surface area contributed by atoms with Crippen LogP contribution in [0, 0.1) is 5.82 Å². The van der Waals surface area contributed by atoms with Gasteiger partial charge in [-0.2, -0.15) is 0 Å². The Morgan fingerprint density at radius 1 is 0.577 bits per heavy atom. The molecule has 0 bridgehead atoms. The number of anilines is 1. The van der Waals surface area contributed by atoms with Gasteiger partial charge in [0.2, 0.25) is 0 Å². The Kier molecular flexibility index (Phi) is 3.93. The van der Waals surface area contributed by atoms with E-state index in [9.17, 15) is 14.0 Å². The van der Waals surface area contributed by atoms with Gasteiger partial charge in [0, 0.05) is 0 Å². The summed E-state index contributed by atoms with van der Waals surface area (Å²) in [7, 11) is 0. The van der Waals surface area contributed by atoms with E-state index in [0.717, 1.165) is 4.90 Å². The summed E-state index contributed by atoms with van der Waals surface area (Å²) in [6.45, 7) is 0. The molecule has 3 aromatic rings. The van der Waals surface area contributed by atoms with E-state index >= 15 is 0 Å². The van der Waals surface area contributed by atoms with Gasteiger partial charge in [0.15, 0.2) is 0 Å². The zero-order valence-corrected chi connectivity index (χ0v) is 13.7. The zero-order chi connectivity index (χ0) is 18.1. The number of hydrogen-bond donors (Lipinski definition) is 0. The van der Waals surface area contributed by atoms with E-state index in [1.54, 1.807) is 54.6 Å². The van der Waals surface area contributed by atoms with Gasteiger partial charge in [-0.3, -0.25) is 9.59 Å². The summed E-state index contributed by atoms with van der Waals surface area (Å²) in [6, 6.07) is 23.7. The predicted molar refractivity (Wildman–Crippen MR) is 98.6 cm³/mol. The monoisotopic (exact) mass is 343 g/mol. The summed E-state index contributed by atoms with van der Waals surface area (Å²) in [6.07, 6.45) is 0. The Balaban J connectivity index is 1.94. The van der Waals surface area contributed by atoms with Crippen molar-refractivity contribution in [2.45, 2.75) is 0 Å². The van der Waals surface area contributed by atoms with Crippen LogP contribution in [-0.4, -0.2) is 11.8 Å². The largest absolute Gasteiger partial charge is 0.268 e. The molecule has 0 aromatic heterocycles. The Morgan fingerprint density at radius 2 is 1.00 bits per heavy atom. The lowest BCUT2D eigenvalue weighted by atomic mass is 9.96. The number of hydrogen-bond acceptors (Lipinski definition) is 2. The molecule has 4 heteroatoms. The van der Waals surface area contributed by atoms with Crippen molar-refractivity contribution in [3.8, 4) is 0 Å². The SMILES string of the molecule is O=C1C(c2ccccc2)=C(c2ccccc2)C(=O)N1c1ccccc1F. The highest BCUT2D eigenvalue weighted by atomic mass is 19.1. The van der Waals surface area contributed by atoms with Crippen LogP contribution in [0.3, 0.4) is 0 Å². The minimum absolute atomic E-state index is 0.0399. The second kappa shape index (κ2) is 6.41. The number of carbonyl (C=O) groups excluding carboxylic acids is 2. The molecule has 3 nitrogen and oxygen atoms in total. The van der Waals surface area contributed by atoms with Crippen molar-refractivity contribution in [1.29, 1.82) is 0 Å². The van der Waals surface area contributed by atoms with Crippen LogP contribution in [0.15, 0.2) is 84.9 Å². The molecule has 0 atom stereocenters. The third-order valence-electron chi connectivity index (χ3n) is 4.30. The summed E-state index contributed by atoms with van der Waals surface area (Å²) < 4.78 is 14.3. The van der Waals surface area contributed by atoms with Crippen LogP contribution in [0.2, 0.25) is 0 Å². The minimum atomic E-state index is -0.615. The van der Waals surface area contributed by atoms with Gasteiger partial charge in [-0.15, -0.1) is 0 Å². The van der Waals surface area contributed by atoms with Crippen molar-refractivity contribution in [1.82, 2.24) is 0 Å². The Hall–Kier alpha value is -3.53. The fourth-order valence-electron chi connectivity index (χ4n) is 3.13. The molecule has 0 saturated heterocycles. The molecule has 1 aliphatic heterocycles. The van der Waals surface area contributed by atoms with E-state index in [2.05, 4.69) is 0 Å². The molecule has 0 unspecified atom stereocenters. The summed E-state index contributed by atoms with van der Waals surface area (Å²) >= 11 is 0. The number of halogens is 1. The molecule has 3 aromatic carbocycles. The molecule has 0 saturated carbocycles. The second-order valence-electron chi connectivity index (χ2n) is 5.88. The van der Waals surface area contributed by atoms with Gasteiger partial charge in [-0.25, -0.2) is 9.29 Å². The first-order valence-corrected chi connectivity index (χ1v) is 8.17. The normalized spacial score (nSPS) is 14.3. The number of para-hydroxylation sites is 1. The topological polar surface area (TPSA) is 37.4 Å². The number of rotatable bonds is 3. The fraction of sp³-hybridized carbons (Fsp3) is 0. The first-order chi connectivity index (χ1) is 12.7. The molecule has 2 amide bonds. The highest BCUT2D eigenvalue weighted by molar-refractivity contribution is 6.57. The van der Waals surface area contributed by atoms with E-state index in [0.29, 0.717) is 11.1 Å². The van der Waals surface area contributed by atoms with Crippen molar-refractivity contribution in [3.63, 3.8) is 0 Å². The summed E-state index contributed by atoms with van der Waals surface area (Å²) in [4.78, 5) is 27.2. The van der Waals surface area contributed by atoms with Crippen molar-refractivity contribution in [3.05, 3.63) is 102 Å². The van der Waals surface area contributed by atoms with Gasteiger partial charge in [-0.1, -0.05) is 72.8 Å². The highest BCUT2D eigenvalue weighted by Crippen LogP contribution is 2.38. The average molecular weight is 343 g/mol. The van der Waals surface area contributed by atoms with Crippen molar-refractivity contribution in [2.24, 2.45) is 0 Å². The van der Waals surface area contributed by atoms with E-state index in [4.69, 9.17) is 0 Å². The molecule has 0 fully saturated rings. The Labute approximate surface area is 150 Å². The lowest BCUT2D eigenvalue weighted by Crippen LogP contribution is -2.32. The van der Waals surface area contributed by atoms with Crippen LogP contribution in [0.5, 0.6) is 0 Å². The van der Waals surface area contributed by atoms with Crippen LogP contribution in [-0.2, 0) is 9.59 Å². The van der Waals surface area contributed by atoms with Crippen molar-refractivity contribution in [2.75, 3.05) is 4.90 Å². The maximum absolute atomic E-state index is 14.3. The molecule has 0 aliphatic carbocycles. The summed E-state index contributed by atoms with van der Waals surface area (Å²) in [5.74, 6) is -1.66. The van der Waals surface area contributed by atoms with E-state index < -0.39 is 17.6 Å². The average Bonchev–Trinajstić information content (AvgIpc) is 2.94. The number of nitrogens with zero attached hydrogens (tertiary/aromatic N) is 1. The van der Waals surface area contributed by atoms with Gasteiger partial charge in [-0.05, 0) is 23.3 Å². The predicted octanol–water partition coefficient (Wildman–Crippen LogP) is 4.31. The minimum Gasteiger partial charge on any atom is -0.268 e. The van der Waals surface area contributed by atoms with E-state index in [1.807, 2.05) is 12.1 Å². The quantitative estimate of drug-likeness (QED) is 0.665. The summed E-state index contributed by atoms with van der Waals surface area (Å²) in [5.41, 5.74) is 1.78. The Bertz CT molecular complexity index is 965. The van der Waals surface area contributed by atoms with Crippen molar-refractivity contribution >= 4 is 28.6 Å². The van der Waals surface area contributed by atoms with Gasteiger partial charge in [0.05, 0.1) is 16.8 Å². The number of imide groups is 1. The molecular weight excluding hydrogens is 329 g/mol. The molecule has 1 aliphatic rings. The molecule has 126 valence electrons. The van der Waals surface area contributed by atoms with E-state index in [-0.39, 0.29) is 16.8 Å². The summed E-state index contributed by atoms with van der Waals surface area (Å²) in [5, 5.41) is 0. The van der Waals surface area contributed by atoms with Crippen LogP contribution in [0.25, 0.3) is 11.1 Å². The zero-order valence-electron chi connectivity index (χ0n) is 13.7. The molecular formula is C22H14FNO2. The van der Waals surface area contributed by atoms with Gasteiger partial charge in [0.1, 0.15) is 5.82 Å². The standard InChI is InChI=1S/C22H14FNO2/c23-17-13-7-8-14-18(17)24-21(25)19(15-9-3-1-4-10-15)20(22(24)26)16-11-5-2-6-12-16/h1-14H. The third-order valence-corrected chi connectivity index (χ3v) is 4.30. The molecule has 0 N–H and O–H groups in total. The lowest BCUT2D eigenvalue weighted by molar-refractivity contribution is -0.119. The van der Waals surface area contributed by atoms with Crippen LogP contribution >= 0.6 is 0 Å². The lowest BCUT2D eigenvalue weighted by Gasteiger charge is -2.16. The highest BCUT2D eigenvalue weighted by Gasteiger charge is 2.41. The van der Waals surface area contributed by atoms with Gasteiger partial charge in [0.25, 0.3) is 11.8 Å². The van der Waals surface area contributed by atoms with Crippen LogP contribution in [0.4, 0.5) is 10.1 Å². The smallest absolute Gasteiger partial charge is 0.266 e. The van der Waals surface area contributed by atoms with Crippen molar-refractivity contribution < 1.29 is 14.0 Å². The maximum atomic E-state index is 14.3. The van der Waals surface area contributed by atoms with Crippen LogP contribution in [0.1, 0.15) is 11.1 Å².